The van der Waals surface area contributed by atoms with Crippen molar-refractivity contribution in [2.75, 3.05) is 13.1 Å². The fourth-order valence-corrected chi connectivity index (χ4v) is 2.76. The molecule has 2 aromatic carbocycles. The molecule has 1 aliphatic heterocycles. The monoisotopic (exact) mass is 360 g/mol. The highest BCUT2D eigenvalue weighted by molar-refractivity contribution is 6.30. The second-order valence-corrected chi connectivity index (χ2v) is 6.02. The van der Waals surface area contributed by atoms with E-state index in [4.69, 9.17) is 11.6 Å². The summed E-state index contributed by atoms with van der Waals surface area (Å²) in [5.41, 5.74) is 0.702. The van der Waals surface area contributed by atoms with Crippen LogP contribution in [0.4, 0.5) is 4.39 Å². The van der Waals surface area contributed by atoms with Gasteiger partial charge in [-0.15, -0.1) is 0 Å². The summed E-state index contributed by atoms with van der Waals surface area (Å²) in [5, 5.41) is 3.27. The van der Waals surface area contributed by atoms with Crippen molar-refractivity contribution in [1.29, 1.82) is 0 Å². The van der Waals surface area contributed by atoms with Crippen LogP contribution in [0.15, 0.2) is 42.5 Å². The van der Waals surface area contributed by atoms with Gasteiger partial charge in [-0.3, -0.25) is 19.3 Å². The van der Waals surface area contributed by atoms with Crippen LogP contribution in [0.3, 0.4) is 0 Å². The number of halogens is 2. The first kappa shape index (κ1) is 17.1. The molecule has 0 saturated carbocycles. The molecule has 128 valence electrons. The molecule has 7 heteroatoms. The maximum absolute atomic E-state index is 13.7. The molecule has 0 unspecified atom stereocenters. The van der Waals surface area contributed by atoms with Gasteiger partial charge in [0.2, 0.25) is 5.91 Å². The van der Waals surface area contributed by atoms with E-state index >= 15 is 0 Å². The van der Waals surface area contributed by atoms with Gasteiger partial charge in [-0.05, 0) is 36.2 Å². The van der Waals surface area contributed by atoms with E-state index in [0.29, 0.717) is 18.0 Å². The van der Waals surface area contributed by atoms with Crippen LogP contribution in [-0.4, -0.2) is 35.7 Å². The standard InChI is InChI=1S/C18H14ClFN2O3/c19-12-6-4-11(5-7-12)8-9-21-15(23)10-22-17(24)13-2-1-3-14(20)16(13)18(22)25/h1-7H,8-10H2,(H,21,23). The second-order valence-electron chi connectivity index (χ2n) is 5.59. The van der Waals surface area contributed by atoms with Gasteiger partial charge >= 0.3 is 0 Å². The van der Waals surface area contributed by atoms with Crippen molar-refractivity contribution in [3.63, 3.8) is 0 Å². The number of imide groups is 1. The van der Waals surface area contributed by atoms with Gasteiger partial charge in [-0.1, -0.05) is 29.8 Å². The van der Waals surface area contributed by atoms with E-state index in [1.54, 1.807) is 12.1 Å². The number of nitrogens with zero attached hydrogens (tertiary/aromatic N) is 1. The molecule has 1 heterocycles. The van der Waals surface area contributed by atoms with Crippen molar-refractivity contribution in [1.82, 2.24) is 10.2 Å². The van der Waals surface area contributed by atoms with Gasteiger partial charge in [0.25, 0.3) is 11.8 Å². The summed E-state index contributed by atoms with van der Waals surface area (Å²) in [7, 11) is 0. The molecule has 3 amide bonds. The molecule has 0 aromatic heterocycles. The minimum atomic E-state index is -0.786. The highest BCUT2D eigenvalue weighted by Gasteiger charge is 2.38. The number of nitrogens with one attached hydrogen (secondary N) is 1. The maximum atomic E-state index is 13.7. The molecule has 0 saturated heterocycles. The summed E-state index contributed by atoms with van der Waals surface area (Å²) < 4.78 is 13.7. The van der Waals surface area contributed by atoms with Gasteiger partial charge in [0.1, 0.15) is 12.4 Å². The molecular weight excluding hydrogens is 347 g/mol. The molecule has 25 heavy (non-hydrogen) atoms. The van der Waals surface area contributed by atoms with E-state index in [9.17, 15) is 18.8 Å². The second kappa shape index (κ2) is 7.03. The molecule has 1 aliphatic rings. The Balaban J connectivity index is 1.57. The van der Waals surface area contributed by atoms with Gasteiger partial charge in [0.15, 0.2) is 0 Å². The Kier molecular flexibility index (Phi) is 4.81. The van der Waals surface area contributed by atoms with Crippen LogP contribution in [0.25, 0.3) is 0 Å². The van der Waals surface area contributed by atoms with Crippen LogP contribution >= 0.6 is 11.6 Å². The lowest BCUT2D eigenvalue weighted by Gasteiger charge is -2.13. The third-order valence-corrected chi connectivity index (χ3v) is 4.15. The van der Waals surface area contributed by atoms with Crippen LogP contribution in [-0.2, 0) is 11.2 Å². The van der Waals surface area contributed by atoms with Gasteiger partial charge in [0, 0.05) is 11.6 Å². The SMILES string of the molecule is O=C(CN1C(=O)c2cccc(F)c2C1=O)NCCc1ccc(Cl)cc1. The van der Waals surface area contributed by atoms with E-state index in [0.717, 1.165) is 16.5 Å². The van der Waals surface area contributed by atoms with Crippen molar-refractivity contribution in [3.05, 3.63) is 70.0 Å². The van der Waals surface area contributed by atoms with Crippen LogP contribution in [0.1, 0.15) is 26.3 Å². The lowest BCUT2D eigenvalue weighted by Crippen LogP contribution is -2.40. The minimum Gasteiger partial charge on any atom is -0.354 e. The summed E-state index contributed by atoms with van der Waals surface area (Å²) in [6, 6.07) is 11.0. The summed E-state index contributed by atoms with van der Waals surface area (Å²) in [6.07, 6.45) is 0.583. The van der Waals surface area contributed by atoms with Gasteiger partial charge in [0.05, 0.1) is 11.1 Å². The molecule has 2 aromatic rings. The first-order valence-electron chi connectivity index (χ1n) is 7.63. The Morgan fingerprint density at radius 2 is 1.80 bits per heavy atom. The Hall–Kier alpha value is -2.73. The molecule has 0 spiro atoms. The number of carbonyl (C=O) groups is 3. The third-order valence-electron chi connectivity index (χ3n) is 3.90. The summed E-state index contributed by atoms with van der Waals surface area (Å²) in [4.78, 5) is 37.1. The molecule has 0 radical (unpaired) electrons. The summed E-state index contributed by atoms with van der Waals surface area (Å²) in [5.74, 6) is -2.69. The van der Waals surface area contributed by atoms with E-state index in [-0.39, 0.29) is 11.1 Å². The molecule has 0 aliphatic carbocycles. The quantitative estimate of drug-likeness (QED) is 0.833. The molecule has 0 fully saturated rings. The van der Waals surface area contributed by atoms with Crippen LogP contribution in [0.5, 0.6) is 0 Å². The van der Waals surface area contributed by atoms with Crippen molar-refractivity contribution >= 4 is 29.3 Å². The van der Waals surface area contributed by atoms with Gasteiger partial charge in [-0.25, -0.2) is 4.39 Å². The molecule has 5 nitrogen and oxygen atoms in total. The van der Waals surface area contributed by atoms with Crippen molar-refractivity contribution in [3.8, 4) is 0 Å². The number of fused-ring (bicyclic) bond motifs is 1. The average molecular weight is 361 g/mol. The van der Waals surface area contributed by atoms with Crippen LogP contribution in [0.2, 0.25) is 5.02 Å². The minimum absolute atomic E-state index is 0.0148. The molecular formula is C18H14ClFN2O3. The van der Waals surface area contributed by atoms with Crippen molar-refractivity contribution < 1.29 is 18.8 Å². The largest absolute Gasteiger partial charge is 0.354 e. The fourth-order valence-electron chi connectivity index (χ4n) is 2.63. The highest BCUT2D eigenvalue weighted by Crippen LogP contribution is 2.24. The number of carbonyl (C=O) groups excluding carboxylic acids is 3. The Morgan fingerprint density at radius 1 is 1.08 bits per heavy atom. The van der Waals surface area contributed by atoms with E-state index in [1.165, 1.54) is 12.1 Å². The van der Waals surface area contributed by atoms with E-state index < -0.39 is 30.1 Å². The zero-order valence-electron chi connectivity index (χ0n) is 13.1. The third kappa shape index (κ3) is 3.53. The zero-order valence-corrected chi connectivity index (χ0v) is 13.8. The summed E-state index contributed by atoms with van der Waals surface area (Å²) >= 11 is 5.80. The van der Waals surface area contributed by atoms with Gasteiger partial charge in [-0.2, -0.15) is 0 Å². The maximum Gasteiger partial charge on any atom is 0.265 e. The number of hydrogen-bond acceptors (Lipinski definition) is 3. The molecule has 3 rings (SSSR count). The number of hydrogen-bond donors (Lipinski definition) is 1. The number of amides is 3. The first-order valence-corrected chi connectivity index (χ1v) is 8.01. The fraction of sp³-hybridized carbons (Fsp3) is 0.167. The number of benzene rings is 2. The van der Waals surface area contributed by atoms with Crippen molar-refractivity contribution in [2.45, 2.75) is 6.42 Å². The van der Waals surface area contributed by atoms with Crippen LogP contribution in [0, 0.1) is 5.82 Å². The molecule has 0 atom stereocenters. The Bertz CT molecular complexity index is 852. The topological polar surface area (TPSA) is 66.5 Å². The summed E-state index contributed by atoms with van der Waals surface area (Å²) in [6.45, 7) is -0.0929. The predicted molar refractivity (Wildman–Crippen MR) is 89.9 cm³/mol. The Morgan fingerprint density at radius 3 is 2.48 bits per heavy atom. The predicted octanol–water partition coefficient (Wildman–Crippen LogP) is 2.43. The lowest BCUT2D eigenvalue weighted by molar-refractivity contribution is -0.121. The molecule has 0 bridgehead atoms. The van der Waals surface area contributed by atoms with E-state index in [2.05, 4.69) is 5.32 Å². The van der Waals surface area contributed by atoms with Gasteiger partial charge < -0.3 is 5.32 Å². The van der Waals surface area contributed by atoms with Crippen LogP contribution < -0.4 is 5.32 Å². The number of rotatable bonds is 5. The zero-order chi connectivity index (χ0) is 18.0. The lowest BCUT2D eigenvalue weighted by atomic mass is 10.1. The smallest absolute Gasteiger partial charge is 0.265 e. The van der Waals surface area contributed by atoms with Crippen molar-refractivity contribution in [2.24, 2.45) is 0 Å². The normalized spacial score (nSPS) is 13.1. The first-order chi connectivity index (χ1) is 12.0. The molecule has 1 N–H and O–H groups in total. The average Bonchev–Trinajstić information content (AvgIpc) is 2.83. The van der Waals surface area contributed by atoms with E-state index in [1.807, 2.05) is 12.1 Å². The Labute approximate surface area is 148 Å². The highest BCUT2D eigenvalue weighted by atomic mass is 35.5.